The van der Waals surface area contributed by atoms with Crippen molar-refractivity contribution in [1.29, 1.82) is 0 Å². The molecule has 0 fully saturated rings. The first-order valence-corrected chi connectivity index (χ1v) is 8.92. The maximum Gasteiger partial charge on any atom is 0.330 e. The highest BCUT2D eigenvalue weighted by atomic mass is 16.5. The quantitative estimate of drug-likeness (QED) is 0.416. The van der Waals surface area contributed by atoms with Crippen molar-refractivity contribution in [2.45, 2.75) is 60.5 Å². The lowest BCUT2D eigenvalue weighted by atomic mass is 9.71. The minimum atomic E-state index is -0.311. The van der Waals surface area contributed by atoms with Crippen LogP contribution in [0, 0.1) is 5.41 Å². The van der Waals surface area contributed by atoms with Crippen LogP contribution < -0.4 is 0 Å². The maximum absolute atomic E-state index is 11.4. The van der Waals surface area contributed by atoms with Crippen molar-refractivity contribution in [2.75, 3.05) is 6.61 Å². The summed E-state index contributed by atoms with van der Waals surface area (Å²) in [6, 6.07) is 0. The molecule has 0 saturated carbocycles. The van der Waals surface area contributed by atoms with Gasteiger partial charge in [-0.05, 0) is 57.1 Å². The van der Waals surface area contributed by atoms with Gasteiger partial charge in [-0.3, -0.25) is 0 Å². The lowest BCUT2D eigenvalue weighted by Crippen LogP contribution is -2.28. The minimum absolute atomic E-state index is 0.00661. The first kappa shape index (κ1) is 21.2. The molecule has 1 aliphatic rings. The number of carbonyl (C=O) groups excluding carboxylic acids is 1. The Morgan fingerprint density at radius 3 is 2.56 bits per heavy atom. The van der Waals surface area contributed by atoms with Crippen LogP contribution in [0.4, 0.5) is 0 Å². The van der Waals surface area contributed by atoms with Crippen molar-refractivity contribution in [3.8, 4) is 0 Å². The fourth-order valence-electron chi connectivity index (χ4n) is 3.22. The highest BCUT2D eigenvalue weighted by Crippen LogP contribution is 2.40. The topological polar surface area (TPSA) is 46.5 Å². The van der Waals surface area contributed by atoms with E-state index in [0.717, 1.165) is 24.0 Å². The summed E-state index contributed by atoms with van der Waals surface area (Å²) < 4.78 is 4.88. The van der Waals surface area contributed by atoms with Gasteiger partial charge in [-0.2, -0.15) is 0 Å². The van der Waals surface area contributed by atoms with Crippen LogP contribution in [0.2, 0.25) is 0 Å². The first-order chi connectivity index (χ1) is 11.7. The molecule has 0 radical (unpaired) electrons. The third kappa shape index (κ3) is 7.27. The van der Waals surface area contributed by atoms with Crippen LogP contribution in [0.1, 0.15) is 54.4 Å². The molecule has 3 heteroatoms. The Morgan fingerprint density at radius 1 is 1.28 bits per heavy atom. The molecule has 0 saturated heterocycles. The van der Waals surface area contributed by atoms with E-state index in [-0.39, 0.29) is 17.5 Å². The van der Waals surface area contributed by atoms with Gasteiger partial charge >= 0.3 is 5.97 Å². The molecule has 0 aromatic rings. The Hall–Kier alpha value is -1.87. The summed E-state index contributed by atoms with van der Waals surface area (Å²) in [5.74, 6) is -0.311. The molecule has 0 aromatic heterocycles. The predicted molar refractivity (Wildman–Crippen MR) is 104 cm³/mol. The van der Waals surface area contributed by atoms with Gasteiger partial charge in [0.05, 0.1) is 12.7 Å². The van der Waals surface area contributed by atoms with E-state index >= 15 is 0 Å². The molecule has 25 heavy (non-hydrogen) atoms. The highest BCUT2D eigenvalue weighted by Gasteiger charge is 2.31. The zero-order valence-corrected chi connectivity index (χ0v) is 16.4. The van der Waals surface area contributed by atoms with E-state index in [9.17, 15) is 9.90 Å². The van der Waals surface area contributed by atoms with Crippen molar-refractivity contribution in [2.24, 2.45) is 5.41 Å². The molecule has 0 spiro atoms. The summed E-state index contributed by atoms with van der Waals surface area (Å²) in [5.41, 5.74) is 4.55. The van der Waals surface area contributed by atoms with Gasteiger partial charge < -0.3 is 9.84 Å². The third-order valence-electron chi connectivity index (χ3n) is 4.34. The second kappa shape index (κ2) is 9.57. The van der Waals surface area contributed by atoms with Crippen LogP contribution in [0.5, 0.6) is 0 Å². The SMILES string of the molecule is CCOC(=O)C=C(C)C=CC=C(C)C=CC1=C(C)CC(O)CC1(C)C. The monoisotopic (exact) mass is 344 g/mol. The Bertz CT molecular complexity index is 628. The van der Waals surface area contributed by atoms with Crippen molar-refractivity contribution in [3.63, 3.8) is 0 Å². The Labute approximate surface area is 152 Å². The third-order valence-corrected chi connectivity index (χ3v) is 4.34. The van der Waals surface area contributed by atoms with Crippen LogP contribution >= 0.6 is 0 Å². The standard InChI is InChI=1S/C22H32O3/c1-7-25-21(24)13-17(3)10-8-9-16(2)11-12-20-18(4)14-19(23)15-22(20,5)6/h8-13,19,23H,7,14-15H2,1-6H3. The fraction of sp³-hybridized carbons (Fsp3) is 0.500. The summed E-state index contributed by atoms with van der Waals surface area (Å²) in [6.45, 7) is 12.6. The largest absolute Gasteiger partial charge is 0.463 e. The van der Waals surface area contributed by atoms with E-state index in [4.69, 9.17) is 4.74 Å². The lowest BCUT2D eigenvalue weighted by molar-refractivity contribution is -0.137. The van der Waals surface area contributed by atoms with Crippen LogP contribution in [-0.4, -0.2) is 23.8 Å². The lowest BCUT2D eigenvalue weighted by Gasteiger charge is -2.35. The Morgan fingerprint density at radius 2 is 1.96 bits per heavy atom. The number of ether oxygens (including phenoxy) is 1. The molecule has 1 N–H and O–H groups in total. The molecule has 1 unspecified atom stereocenters. The molecule has 1 rings (SSSR count). The van der Waals surface area contributed by atoms with E-state index in [1.54, 1.807) is 6.92 Å². The van der Waals surface area contributed by atoms with Gasteiger partial charge in [0.25, 0.3) is 0 Å². The van der Waals surface area contributed by atoms with Crippen LogP contribution in [0.15, 0.2) is 58.7 Å². The average Bonchev–Trinajstić information content (AvgIpc) is 2.45. The van der Waals surface area contributed by atoms with E-state index in [2.05, 4.69) is 32.9 Å². The number of hydrogen-bond donors (Lipinski definition) is 1. The van der Waals surface area contributed by atoms with E-state index < -0.39 is 0 Å². The highest BCUT2D eigenvalue weighted by molar-refractivity contribution is 5.83. The molecular formula is C22H32O3. The van der Waals surface area contributed by atoms with Crippen molar-refractivity contribution >= 4 is 5.97 Å². The molecule has 1 atom stereocenters. The minimum Gasteiger partial charge on any atom is -0.463 e. The van der Waals surface area contributed by atoms with Crippen LogP contribution in [-0.2, 0) is 9.53 Å². The summed E-state index contributed by atoms with van der Waals surface area (Å²) in [6.07, 6.45) is 12.9. The van der Waals surface area contributed by atoms with Crippen LogP contribution in [0.3, 0.4) is 0 Å². The Kier molecular flexibility index (Phi) is 8.11. The second-order valence-electron chi connectivity index (χ2n) is 7.38. The molecule has 0 aliphatic heterocycles. The summed E-state index contributed by atoms with van der Waals surface area (Å²) >= 11 is 0. The normalized spacial score (nSPS) is 22.1. The first-order valence-electron chi connectivity index (χ1n) is 8.92. The van der Waals surface area contributed by atoms with Crippen molar-refractivity contribution < 1.29 is 14.6 Å². The fourth-order valence-corrected chi connectivity index (χ4v) is 3.22. The molecule has 3 nitrogen and oxygen atoms in total. The molecular weight excluding hydrogens is 312 g/mol. The molecule has 138 valence electrons. The molecule has 1 aliphatic carbocycles. The molecule has 0 bridgehead atoms. The summed E-state index contributed by atoms with van der Waals surface area (Å²) in [5, 5.41) is 9.96. The smallest absolute Gasteiger partial charge is 0.330 e. The van der Waals surface area contributed by atoms with Gasteiger partial charge in [0.1, 0.15) is 0 Å². The average molecular weight is 344 g/mol. The van der Waals surface area contributed by atoms with Crippen molar-refractivity contribution in [1.82, 2.24) is 0 Å². The van der Waals surface area contributed by atoms with E-state index in [1.807, 2.05) is 32.1 Å². The number of esters is 1. The predicted octanol–water partition coefficient (Wildman–Crippen LogP) is 5.05. The maximum atomic E-state index is 11.4. The van der Waals surface area contributed by atoms with Crippen molar-refractivity contribution in [3.05, 3.63) is 58.7 Å². The van der Waals surface area contributed by atoms with Gasteiger partial charge in [-0.15, -0.1) is 0 Å². The number of aliphatic hydroxyl groups is 1. The van der Waals surface area contributed by atoms with Gasteiger partial charge in [0.15, 0.2) is 0 Å². The van der Waals surface area contributed by atoms with Crippen LogP contribution in [0.25, 0.3) is 0 Å². The summed E-state index contributed by atoms with van der Waals surface area (Å²) in [7, 11) is 0. The number of hydrogen-bond acceptors (Lipinski definition) is 3. The second-order valence-corrected chi connectivity index (χ2v) is 7.38. The molecule has 0 aromatic carbocycles. The Balaban J connectivity index is 2.78. The zero-order chi connectivity index (χ0) is 19.0. The summed E-state index contributed by atoms with van der Waals surface area (Å²) in [4.78, 5) is 11.4. The van der Waals surface area contributed by atoms with Gasteiger partial charge in [0, 0.05) is 6.08 Å². The molecule has 0 amide bonds. The van der Waals surface area contributed by atoms with Gasteiger partial charge in [-0.25, -0.2) is 4.79 Å². The van der Waals surface area contributed by atoms with Gasteiger partial charge in [-0.1, -0.05) is 55.4 Å². The van der Waals surface area contributed by atoms with Gasteiger partial charge in [0.2, 0.25) is 0 Å². The number of rotatable bonds is 6. The number of allylic oxidation sites excluding steroid dienone is 8. The zero-order valence-electron chi connectivity index (χ0n) is 16.4. The molecule has 0 heterocycles. The van der Waals surface area contributed by atoms with E-state index in [1.165, 1.54) is 17.2 Å². The van der Waals surface area contributed by atoms with E-state index in [0.29, 0.717) is 6.61 Å². The number of carbonyl (C=O) groups is 1. The number of aliphatic hydroxyl groups excluding tert-OH is 1.